The Hall–Kier alpha value is -2.70. The largest absolute Gasteiger partial charge is 0.477 e. The third-order valence-electron chi connectivity index (χ3n) is 5.61. The SMILES string of the molecule is O=C(O)c1c(-c2c(Cl)cc(Cl)cc2Cl)noc1C1CCCN(S(=O)(=O)c2ccccc2[N+](=O)[O-])C1. The Balaban J connectivity index is 1.74. The number of carbonyl (C=O) groups is 1. The minimum atomic E-state index is -4.25. The molecule has 1 aliphatic rings. The predicted octanol–water partition coefficient (Wildman–Crippen LogP) is 5.48. The Morgan fingerprint density at radius 2 is 1.86 bits per heavy atom. The third-order valence-corrected chi connectivity index (χ3v) is 8.34. The van der Waals surface area contributed by atoms with Crippen LogP contribution in [0.3, 0.4) is 0 Å². The van der Waals surface area contributed by atoms with Crippen LogP contribution in [0.15, 0.2) is 45.8 Å². The van der Waals surface area contributed by atoms with Gasteiger partial charge in [0, 0.05) is 35.7 Å². The summed E-state index contributed by atoms with van der Waals surface area (Å²) in [6, 6.07) is 7.80. The molecular formula is C21H16Cl3N3O7S. The van der Waals surface area contributed by atoms with E-state index in [-0.39, 0.29) is 50.7 Å². The summed E-state index contributed by atoms with van der Waals surface area (Å²) in [5, 5.41) is 25.6. The van der Waals surface area contributed by atoms with E-state index >= 15 is 0 Å². The molecule has 0 spiro atoms. The van der Waals surface area contributed by atoms with Crippen LogP contribution < -0.4 is 0 Å². The molecule has 1 saturated heterocycles. The van der Waals surface area contributed by atoms with E-state index < -0.39 is 37.4 Å². The van der Waals surface area contributed by atoms with Crippen LogP contribution in [0.1, 0.15) is 34.9 Å². The maximum atomic E-state index is 13.3. The summed E-state index contributed by atoms with van der Waals surface area (Å²) in [5.41, 5.74) is -0.843. The molecule has 2 heterocycles. The molecule has 35 heavy (non-hydrogen) atoms. The summed E-state index contributed by atoms with van der Waals surface area (Å²) in [4.78, 5) is 22.4. The number of nitrogens with zero attached hydrogens (tertiary/aromatic N) is 3. The molecule has 1 atom stereocenters. The molecule has 3 aromatic rings. The zero-order chi connectivity index (χ0) is 25.5. The van der Waals surface area contributed by atoms with Gasteiger partial charge in [0.1, 0.15) is 11.3 Å². The fourth-order valence-corrected chi connectivity index (χ4v) is 6.74. The van der Waals surface area contributed by atoms with Crippen LogP contribution in [0.5, 0.6) is 0 Å². The number of aromatic carboxylic acids is 1. The highest BCUT2D eigenvalue weighted by atomic mass is 35.5. The highest BCUT2D eigenvalue weighted by Crippen LogP contribution is 2.42. The fourth-order valence-electron chi connectivity index (χ4n) is 4.07. The first-order valence-electron chi connectivity index (χ1n) is 10.1. The zero-order valence-electron chi connectivity index (χ0n) is 17.7. The van der Waals surface area contributed by atoms with Gasteiger partial charge in [-0.25, -0.2) is 13.2 Å². The van der Waals surface area contributed by atoms with Crippen LogP contribution in [0.25, 0.3) is 11.3 Å². The molecule has 0 aliphatic carbocycles. The minimum absolute atomic E-state index is 0.0444. The van der Waals surface area contributed by atoms with Gasteiger partial charge in [-0.05, 0) is 31.0 Å². The van der Waals surface area contributed by atoms with Gasteiger partial charge < -0.3 is 9.63 Å². The fraction of sp³-hybridized carbons (Fsp3) is 0.238. The number of benzene rings is 2. The van der Waals surface area contributed by atoms with E-state index in [0.717, 1.165) is 16.4 Å². The van der Waals surface area contributed by atoms with E-state index in [1.54, 1.807) is 0 Å². The van der Waals surface area contributed by atoms with Crippen molar-refractivity contribution >= 4 is 56.5 Å². The number of hydrogen-bond acceptors (Lipinski definition) is 7. The first-order valence-corrected chi connectivity index (χ1v) is 12.7. The molecule has 14 heteroatoms. The van der Waals surface area contributed by atoms with E-state index in [1.165, 1.54) is 24.3 Å². The number of hydrogen-bond donors (Lipinski definition) is 1. The molecule has 1 aromatic heterocycles. The second-order valence-electron chi connectivity index (χ2n) is 7.75. The van der Waals surface area contributed by atoms with Crippen LogP contribution in [-0.4, -0.2) is 47.0 Å². The number of sulfonamides is 1. The van der Waals surface area contributed by atoms with E-state index in [2.05, 4.69) is 5.16 Å². The molecule has 1 unspecified atom stereocenters. The quantitative estimate of drug-likeness (QED) is 0.308. The summed E-state index contributed by atoms with van der Waals surface area (Å²) in [6.07, 6.45) is 0.766. The summed E-state index contributed by atoms with van der Waals surface area (Å²) in [7, 11) is -4.25. The molecule has 2 aromatic carbocycles. The second-order valence-corrected chi connectivity index (χ2v) is 10.9. The molecule has 0 amide bonds. The number of aromatic nitrogens is 1. The number of para-hydroxylation sites is 1. The Kier molecular flexibility index (Phi) is 7.07. The molecule has 0 bridgehead atoms. The monoisotopic (exact) mass is 559 g/mol. The van der Waals surface area contributed by atoms with E-state index in [0.29, 0.717) is 12.8 Å². The van der Waals surface area contributed by atoms with Crippen molar-refractivity contribution in [3.63, 3.8) is 0 Å². The normalized spacial score (nSPS) is 16.8. The number of piperidine rings is 1. The Morgan fingerprint density at radius 3 is 2.49 bits per heavy atom. The van der Waals surface area contributed by atoms with Crippen molar-refractivity contribution in [3.05, 3.63) is 72.9 Å². The van der Waals surface area contributed by atoms with Gasteiger partial charge in [0.15, 0.2) is 10.7 Å². The first-order chi connectivity index (χ1) is 16.5. The number of halogens is 3. The van der Waals surface area contributed by atoms with Crippen molar-refractivity contribution in [3.8, 4) is 11.3 Å². The Bertz CT molecular complexity index is 1420. The van der Waals surface area contributed by atoms with Gasteiger partial charge in [-0.3, -0.25) is 10.1 Å². The average Bonchev–Trinajstić information content (AvgIpc) is 3.23. The summed E-state index contributed by atoms with van der Waals surface area (Å²) in [5.74, 6) is -2.09. The lowest BCUT2D eigenvalue weighted by atomic mass is 9.92. The van der Waals surface area contributed by atoms with Gasteiger partial charge in [-0.15, -0.1) is 0 Å². The molecule has 10 nitrogen and oxygen atoms in total. The maximum absolute atomic E-state index is 13.3. The van der Waals surface area contributed by atoms with Crippen molar-refractivity contribution in [1.82, 2.24) is 9.46 Å². The van der Waals surface area contributed by atoms with Gasteiger partial charge in [-0.1, -0.05) is 52.1 Å². The summed E-state index contributed by atoms with van der Waals surface area (Å²) >= 11 is 18.4. The summed E-state index contributed by atoms with van der Waals surface area (Å²) < 4.78 is 33.0. The van der Waals surface area contributed by atoms with Crippen LogP contribution in [-0.2, 0) is 10.0 Å². The number of carboxylic acids is 1. The number of carboxylic acid groups (broad SMARTS) is 1. The average molecular weight is 561 g/mol. The van der Waals surface area contributed by atoms with Crippen molar-refractivity contribution in [2.24, 2.45) is 0 Å². The molecule has 0 saturated carbocycles. The third kappa shape index (κ3) is 4.74. The van der Waals surface area contributed by atoms with Crippen LogP contribution in [0.4, 0.5) is 5.69 Å². The molecule has 0 radical (unpaired) electrons. The number of nitro benzene ring substituents is 1. The van der Waals surface area contributed by atoms with Crippen molar-refractivity contribution in [2.45, 2.75) is 23.7 Å². The molecule has 1 aliphatic heterocycles. The summed E-state index contributed by atoms with van der Waals surface area (Å²) in [6.45, 7) is -0.0610. The predicted molar refractivity (Wildman–Crippen MR) is 128 cm³/mol. The Morgan fingerprint density at radius 1 is 1.20 bits per heavy atom. The first kappa shape index (κ1) is 25.4. The van der Waals surface area contributed by atoms with Gasteiger partial charge in [-0.2, -0.15) is 4.31 Å². The van der Waals surface area contributed by atoms with Crippen molar-refractivity contribution < 1.29 is 27.8 Å². The van der Waals surface area contributed by atoms with Crippen molar-refractivity contribution in [2.75, 3.05) is 13.1 Å². The topological polar surface area (TPSA) is 144 Å². The van der Waals surface area contributed by atoms with E-state index in [9.17, 15) is 28.4 Å². The highest BCUT2D eigenvalue weighted by molar-refractivity contribution is 7.89. The smallest absolute Gasteiger partial charge is 0.341 e. The highest BCUT2D eigenvalue weighted by Gasteiger charge is 2.39. The van der Waals surface area contributed by atoms with Crippen LogP contribution >= 0.6 is 34.8 Å². The van der Waals surface area contributed by atoms with Gasteiger partial charge in [0.2, 0.25) is 10.0 Å². The van der Waals surface area contributed by atoms with Crippen LogP contribution in [0.2, 0.25) is 15.1 Å². The van der Waals surface area contributed by atoms with E-state index in [1.807, 2.05) is 0 Å². The number of nitro groups is 1. The standard InChI is InChI=1S/C21H16Cl3N3O7S/c22-12-8-13(23)17(14(24)9-12)19-18(21(28)29)20(34-25-19)11-4-3-7-26(10-11)35(32,33)16-6-2-1-5-15(16)27(30)31/h1-2,5-6,8-9,11H,3-4,7,10H2,(H,28,29). The molecule has 1 N–H and O–H groups in total. The van der Waals surface area contributed by atoms with Crippen molar-refractivity contribution in [1.29, 1.82) is 0 Å². The lowest BCUT2D eigenvalue weighted by Crippen LogP contribution is -2.39. The molecule has 4 rings (SSSR count). The lowest BCUT2D eigenvalue weighted by Gasteiger charge is -2.30. The molecule has 184 valence electrons. The van der Waals surface area contributed by atoms with E-state index in [4.69, 9.17) is 39.3 Å². The Labute approximate surface area is 214 Å². The van der Waals surface area contributed by atoms with Crippen LogP contribution in [0, 0.1) is 10.1 Å². The molecular weight excluding hydrogens is 545 g/mol. The molecule has 1 fully saturated rings. The minimum Gasteiger partial charge on any atom is -0.477 e. The lowest BCUT2D eigenvalue weighted by molar-refractivity contribution is -0.387. The van der Waals surface area contributed by atoms with Gasteiger partial charge in [0.05, 0.1) is 15.0 Å². The van der Waals surface area contributed by atoms with Gasteiger partial charge in [0.25, 0.3) is 5.69 Å². The van der Waals surface area contributed by atoms with Gasteiger partial charge >= 0.3 is 5.97 Å². The number of rotatable bonds is 6. The maximum Gasteiger partial charge on any atom is 0.341 e. The second kappa shape index (κ2) is 9.75. The zero-order valence-corrected chi connectivity index (χ0v) is 20.7.